The first-order valence-electron chi connectivity index (χ1n) is 6.54. The molecule has 0 saturated carbocycles. The average Bonchev–Trinajstić information content (AvgIpc) is 2.75. The van der Waals surface area contributed by atoms with Gasteiger partial charge in [-0.15, -0.1) is 0 Å². The number of imide groups is 1. The lowest BCUT2D eigenvalue weighted by molar-refractivity contribution is -0.120. The molecule has 3 rings (SSSR count). The molecule has 0 saturated heterocycles. The Bertz CT molecular complexity index is 837. The van der Waals surface area contributed by atoms with Crippen LogP contribution in [0.15, 0.2) is 59.3 Å². The highest BCUT2D eigenvalue weighted by molar-refractivity contribution is 6.53. The van der Waals surface area contributed by atoms with E-state index in [-0.39, 0.29) is 21.4 Å². The van der Waals surface area contributed by atoms with Gasteiger partial charge in [0.15, 0.2) is 0 Å². The largest absolute Gasteiger partial charge is 0.350 e. The molecule has 0 atom stereocenters. The number of rotatable bonds is 3. The summed E-state index contributed by atoms with van der Waals surface area (Å²) >= 11 is 11.7. The molecule has 1 N–H and O–H groups in total. The predicted octanol–water partition coefficient (Wildman–Crippen LogP) is 3.91. The standard InChI is InChI=1S/C16H9Cl2FN2O2/c17-11-8-10(6-7-12(11)19)21-15(22)13(18)14(16(21)23)20-9-4-2-1-3-5-9/h1-8,20H. The van der Waals surface area contributed by atoms with Crippen LogP contribution in [0.1, 0.15) is 0 Å². The summed E-state index contributed by atoms with van der Waals surface area (Å²) in [4.78, 5) is 25.6. The fourth-order valence-electron chi connectivity index (χ4n) is 2.14. The van der Waals surface area contributed by atoms with E-state index < -0.39 is 17.6 Å². The minimum Gasteiger partial charge on any atom is -0.350 e. The summed E-state index contributed by atoms with van der Waals surface area (Å²) in [7, 11) is 0. The zero-order valence-corrected chi connectivity index (χ0v) is 13.0. The lowest BCUT2D eigenvalue weighted by Gasteiger charge is -2.15. The van der Waals surface area contributed by atoms with Crippen LogP contribution in [0.25, 0.3) is 0 Å². The Morgan fingerprint density at radius 1 is 0.957 bits per heavy atom. The number of halogens is 3. The van der Waals surface area contributed by atoms with Crippen LogP contribution in [0.4, 0.5) is 15.8 Å². The van der Waals surface area contributed by atoms with Crippen molar-refractivity contribution in [2.24, 2.45) is 0 Å². The molecule has 7 heteroatoms. The number of hydrogen-bond acceptors (Lipinski definition) is 3. The van der Waals surface area contributed by atoms with Crippen molar-refractivity contribution < 1.29 is 14.0 Å². The van der Waals surface area contributed by atoms with Crippen LogP contribution in [0.2, 0.25) is 5.02 Å². The number of nitrogens with one attached hydrogen (secondary N) is 1. The third-order valence-corrected chi connectivity index (χ3v) is 3.87. The summed E-state index contributed by atoms with van der Waals surface area (Å²) in [5.74, 6) is -1.97. The molecule has 1 aliphatic heterocycles. The number of carbonyl (C=O) groups is 2. The van der Waals surface area contributed by atoms with E-state index in [9.17, 15) is 14.0 Å². The molecule has 0 bridgehead atoms. The SMILES string of the molecule is O=C1C(Cl)=C(Nc2ccccc2)C(=O)N1c1ccc(F)c(Cl)c1. The normalized spacial score (nSPS) is 14.7. The van der Waals surface area contributed by atoms with Crippen molar-refractivity contribution in [3.63, 3.8) is 0 Å². The van der Waals surface area contributed by atoms with E-state index in [4.69, 9.17) is 23.2 Å². The molecular weight excluding hydrogens is 342 g/mol. The number of para-hydroxylation sites is 1. The van der Waals surface area contributed by atoms with E-state index in [2.05, 4.69) is 5.32 Å². The maximum atomic E-state index is 13.3. The second-order valence-corrected chi connectivity index (χ2v) is 5.51. The molecule has 0 radical (unpaired) electrons. The minimum atomic E-state index is -0.697. The first-order chi connectivity index (χ1) is 11.0. The smallest absolute Gasteiger partial charge is 0.283 e. The lowest BCUT2D eigenvalue weighted by atomic mass is 10.2. The zero-order valence-electron chi connectivity index (χ0n) is 11.5. The van der Waals surface area contributed by atoms with Crippen molar-refractivity contribution in [1.29, 1.82) is 0 Å². The van der Waals surface area contributed by atoms with Crippen LogP contribution in [0.3, 0.4) is 0 Å². The Balaban J connectivity index is 1.94. The molecule has 0 aliphatic carbocycles. The van der Waals surface area contributed by atoms with Crippen molar-refractivity contribution in [3.05, 3.63) is 70.1 Å². The lowest BCUT2D eigenvalue weighted by Crippen LogP contribution is -2.32. The highest BCUT2D eigenvalue weighted by Crippen LogP contribution is 2.31. The molecule has 0 unspecified atom stereocenters. The molecule has 1 heterocycles. The quantitative estimate of drug-likeness (QED) is 0.853. The first kappa shape index (κ1) is 15.5. The van der Waals surface area contributed by atoms with Crippen LogP contribution in [0.5, 0.6) is 0 Å². The van der Waals surface area contributed by atoms with Gasteiger partial charge < -0.3 is 5.32 Å². The summed E-state index contributed by atoms with van der Waals surface area (Å²) in [5.41, 5.74) is 0.721. The summed E-state index contributed by atoms with van der Waals surface area (Å²) in [6, 6.07) is 12.4. The zero-order chi connectivity index (χ0) is 16.6. The maximum Gasteiger partial charge on any atom is 0.283 e. The second-order valence-electron chi connectivity index (χ2n) is 4.72. The number of carbonyl (C=O) groups excluding carboxylic acids is 2. The first-order valence-corrected chi connectivity index (χ1v) is 7.30. The van der Waals surface area contributed by atoms with Crippen molar-refractivity contribution in [3.8, 4) is 0 Å². The van der Waals surface area contributed by atoms with Gasteiger partial charge in [0.1, 0.15) is 16.5 Å². The van der Waals surface area contributed by atoms with Crippen LogP contribution >= 0.6 is 23.2 Å². The molecule has 0 fully saturated rings. The number of nitrogens with zero attached hydrogens (tertiary/aromatic N) is 1. The highest BCUT2D eigenvalue weighted by atomic mass is 35.5. The van der Waals surface area contributed by atoms with Gasteiger partial charge in [-0.2, -0.15) is 0 Å². The summed E-state index contributed by atoms with van der Waals surface area (Å²) in [6.07, 6.45) is 0. The van der Waals surface area contributed by atoms with Gasteiger partial charge in [0.25, 0.3) is 11.8 Å². The van der Waals surface area contributed by atoms with E-state index in [1.807, 2.05) is 6.07 Å². The topological polar surface area (TPSA) is 49.4 Å². The summed E-state index contributed by atoms with van der Waals surface area (Å²) in [6.45, 7) is 0. The van der Waals surface area contributed by atoms with Crippen LogP contribution in [0, 0.1) is 5.82 Å². The molecule has 2 amide bonds. The van der Waals surface area contributed by atoms with Gasteiger partial charge in [0.05, 0.1) is 10.7 Å². The van der Waals surface area contributed by atoms with Gasteiger partial charge in [-0.05, 0) is 30.3 Å². The average molecular weight is 351 g/mol. The molecule has 0 aromatic heterocycles. The van der Waals surface area contributed by atoms with E-state index in [1.54, 1.807) is 24.3 Å². The summed E-state index contributed by atoms with van der Waals surface area (Å²) in [5, 5.41) is 2.40. The van der Waals surface area contributed by atoms with Crippen molar-refractivity contribution in [1.82, 2.24) is 0 Å². The Kier molecular flexibility index (Phi) is 4.07. The Labute approximate surface area is 141 Å². The molecule has 2 aromatic carbocycles. The van der Waals surface area contributed by atoms with E-state index >= 15 is 0 Å². The van der Waals surface area contributed by atoms with E-state index in [0.29, 0.717) is 5.69 Å². The third-order valence-electron chi connectivity index (χ3n) is 3.23. The third kappa shape index (κ3) is 2.81. The molecule has 2 aromatic rings. The fourth-order valence-corrected chi connectivity index (χ4v) is 2.52. The molecule has 23 heavy (non-hydrogen) atoms. The van der Waals surface area contributed by atoms with Crippen LogP contribution < -0.4 is 10.2 Å². The number of benzene rings is 2. The summed E-state index contributed by atoms with van der Waals surface area (Å²) < 4.78 is 13.3. The van der Waals surface area contributed by atoms with Gasteiger partial charge in [-0.25, -0.2) is 9.29 Å². The van der Waals surface area contributed by atoms with Gasteiger partial charge in [0.2, 0.25) is 0 Å². The van der Waals surface area contributed by atoms with Crippen molar-refractivity contribution in [2.75, 3.05) is 10.2 Å². The van der Waals surface area contributed by atoms with E-state index in [1.165, 1.54) is 12.1 Å². The minimum absolute atomic E-state index is 0.0386. The number of hydrogen-bond donors (Lipinski definition) is 1. The van der Waals surface area contributed by atoms with E-state index in [0.717, 1.165) is 11.0 Å². The van der Waals surface area contributed by atoms with Crippen molar-refractivity contribution >= 4 is 46.4 Å². The second kappa shape index (κ2) is 6.02. The number of amides is 2. The molecule has 116 valence electrons. The van der Waals surface area contributed by atoms with Gasteiger partial charge in [-0.3, -0.25) is 9.59 Å². The fraction of sp³-hybridized carbons (Fsp3) is 0. The Hall–Kier alpha value is -2.37. The number of anilines is 2. The Morgan fingerprint density at radius 3 is 2.30 bits per heavy atom. The monoisotopic (exact) mass is 350 g/mol. The maximum absolute atomic E-state index is 13.3. The van der Waals surface area contributed by atoms with Crippen molar-refractivity contribution in [2.45, 2.75) is 0 Å². The molecule has 0 spiro atoms. The van der Waals surface area contributed by atoms with Gasteiger partial charge in [-0.1, -0.05) is 41.4 Å². The van der Waals surface area contributed by atoms with Crippen LogP contribution in [-0.4, -0.2) is 11.8 Å². The van der Waals surface area contributed by atoms with Gasteiger partial charge >= 0.3 is 0 Å². The van der Waals surface area contributed by atoms with Crippen LogP contribution in [-0.2, 0) is 9.59 Å². The molecule has 1 aliphatic rings. The highest BCUT2D eigenvalue weighted by Gasteiger charge is 2.39. The molecular formula is C16H9Cl2FN2O2. The molecule has 4 nitrogen and oxygen atoms in total. The van der Waals surface area contributed by atoms with Gasteiger partial charge in [0, 0.05) is 5.69 Å². The predicted molar refractivity (Wildman–Crippen MR) is 86.8 cm³/mol. The Morgan fingerprint density at radius 2 is 1.65 bits per heavy atom.